The van der Waals surface area contributed by atoms with E-state index in [-0.39, 0.29) is 12.5 Å². The molecule has 30 heavy (non-hydrogen) atoms. The number of nitrogens with one attached hydrogen (secondary N) is 1. The number of aromatic amines is 1. The highest BCUT2D eigenvalue weighted by molar-refractivity contribution is 5.78. The zero-order valence-corrected chi connectivity index (χ0v) is 17.3. The van der Waals surface area contributed by atoms with E-state index in [0.717, 1.165) is 29.7 Å². The van der Waals surface area contributed by atoms with Gasteiger partial charge in [-0.3, -0.25) is 4.79 Å². The molecule has 6 heteroatoms. The Morgan fingerprint density at radius 2 is 1.93 bits per heavy atom. The number of piperidine rings is 1. The molecular formula is C24H27N3O3. The molecule has 0 unspecified atom stereocenters. The van der Waals surface area contributed by atoms with E-state index in [4.69, 9.17) is 14.5 Å². The van der Waals surface area contributed by atoms with Gasteiger partial charge in [0.25, 0.3) is 5.91 Å². The van der Waals surface area contributed by atoms with Crippen molar-refractivity contribution in [1.29, 1.82) is 0 Å². The number of carbonyl (C=O) groups excluding carboxylic acids is 1. The number of nitrogens with zero attached hydrogens (tertiary/aromatic N) is 2. The Morgan fingerprint density at radius 3 is 2.67 bits per heavy atom. The summed E-state index contributed by atoms with van der Waals surface area (Å²) in [5.41, 5.74) is 3.30. The number of likely N-dealkylation sites (tertiary alicyclic amines) is 1. The number of H-pyrrole nitrogens is 1. The van der Waals surface area contributed by atoms with Gasteiger partial charge in [-0.2, -0.15) is 0 Å². The Bertz CT molecular complexity index is 1040. The minimum absolute atomic E-state index is 0.00302. The van der Waals surface area contributed by atoms with Gasteiger partial charge in [-0.15, -0.1) is 0 Å². The number of hydrogen-bond donors (Lipinski definition) is 1. The molecule has 0 spiro atoms. The Labute approximate surface area is 176 Å². The van der Waals surface area contributed by atoms with Crippen molar-refractivity contribution in [3.8, 4) is 11.5 Å². The summed E-state index contributed by atoms with van der Waals surface area (Å²) in [7, 11) is 0. The fourth-order valence-corrected chi connectivity index (χ4v) is 3.81. The van der Waals surface area contributed by atoms with E-state index in [1.807, 2.05) is 23.1 Å². The van der Waals surface area contributed by atoms with Gasteiger partial charge in [-0.05, 0) is 49.6 Å². The molecular weight excluding hydrogens is 378 g/mol. The SMILES string of the molecule is C=CCOc1ccccc1OCC(=O)N1CCC(c2nc3ccc(C)cc3[nH]2)CC1. The van der Waals surface area contributed by atoms with Crippen molar-refractivity contribution < 1.29 is 14.3 Å². The number of benzene rings is 2. The quantitative estimate of drug-likeness (QED) is 0.598. The maximum Gasteiger partial charge on any atom is 0.260 e. The van der Waals surface area contributed by atoms with Gasteiger partial charge in [0, 0.05) is 19.0 Å². The summed E-state index contributed by atoms with van der Waals surface area (Å²) in [6, 6.07) is 13.6. The topological polar surface area (TPSA) is 67.5 Å². The van der Waals surface area contributed by atoms with Crippen LogP contribution < -0.4 is 9.47 Å². The third-order valence-electron chi connectivity index (χ3n) is 5.45. The van der Waals surface area contributed by atoms with Gasteiger partial charge < -0.3 is 19.4 Å². The lowest BCUT2D eigenvalue weighted by molar-refractivity contribution is -0.134. The number of imidazole rings is 1. The molecule has 1 N–H and O–H groups in total. The van der Waals surface area contributed by atoms with Crippen molar-refractivity contribution in [2.45, 2.75) is 25.7 Å². The molecule has 1 saturated heterocycles. The summed E-state index contributed by atoms with van der Waals surface area (Å²) in [6.07, 6.45) is 3.46. The summed E-state index contributed by atoms with van der Waals surface area (Å²) in [5, 5.41) is 0. The van der Waals surface area contributed by atoms with Crippen molar-refractivity contribution in [2.75, 3.05) is 26.3 Å². The third-order valence-corrected chi connectivity index (χ3v) is 5.45. The lowest BCUT2D eigenvalue weighted by Gasteiger charge is -2.31. The highest BCUT2D eigenvalue weighted by Gasteiger charge is 2.26. The second-order valence-corrected chi connectivity index (χ2v) is 7.63. The van der Waals surface area contributed by atoms with E-state index in [0.29, 0.717) is 37.1 Å². The van der Waals surface area contributed by atoms with Crippen LogP contribution in [0.4, 0.5) is 0 Å². The standard InChI is InChI=1S/C24H27N3O3/c1-3-14-29-21-6-4-5-7-22(21)30-16-23(28)27-12-10-18(11-13-27)24-25-19-9-8-17(2)15-20(19)26-24/h3-9,15,18H,1,10-14,16H2,2H3,(H,25,26). The number of carbonyl (C=O) groups is 1. The maximum atomic E-state index is 12.6. The minimum Gasteiger partial charge on any atom is -0.486 e. The van der Waals surface area contributed by atoms with Crippen molar-refractivity contribution >= 4 is 16.9 Å². The Morgan fingerprint density at radius 1 is 1.20 bits per heavy atom. The van der Waals surface area contributed by atoms with Crippen LogP contribution in [0.15, 0.2) is 55.1 Å². The molecule has 1 aliphatic rings. The Hall–Kier alpha value is -3.28. The molecule has 0 atom stereocenters. The summed E-state index contributed by atoms with van der Waals surface area (Å²) < 4.78 is 11.3. The molecule has 2 aromatic carbocycles. The number of amides is 1. The van der Waals surface area contributed by atoms with Crippen LogP contribution in [-0.2, 0) is 4.79 Å². The maximum absolute atomic E-state index is 12.6. The first-order valence-corrected chi connectivity index (χ1v) is 10.3. The summed E-state index contributed by atoms with van der Waals surface area (Å²) in [6.45, 7) is 7.54. The van der Waals surface area contributed by atoms with Crippen LogP contribution in [0.5, 0.6) is 11.5 Å². The van der Waals surface area contributed by atoms with Gasteiger partial charge >= 0.3 is 0 Å². The van der Waals surface area contributed by atoms with E-state index in [1.165, 1.54) is 5.56 Å². The molecule has 6 nitrogen and oxygen atoms in total. The highest BCUT2D eigenvalue weighted by Crippen LogP contribution is 2.29. The monoisotopic (exact) mass is 405 g/mol. The first-order valence-electron chi connectivity index (χ1n) is 10.3. The average Bonchev–Trinajstić information content (AvgIpc) is 3.20. The summed E-state index contributed by atoms with van der Waals surface area (Å²) in [5.74, 6) is 2.54. The van der Waals surface area contributed by atoms with Crippen LogP contribution in [0.1, 0.15) is 30.1 Å². The first-order chi connectivity index (χ1) is 14.6. The summed E-state index contributed by atoms with van der Waals surface area (Å²) >= 11 is 0. The first kappa shape index (κ1) is 20.0. The molecule has 0 radical (unpaired) electrons. The van der Waals surface area contributed by atoms with Gasteiger partial charge in [0.15, 0.2) is 18.1 Å². The van der Waals surface area contributed by atoms with E-state index >= 15 is 0 Å². The van der Waals surface area contributed by atoms with E-state index in [1.54, 1.807) is 12.1 Å². The van der Waals surface area contributed by atoms with Crippen molar-refractivity contribution in [3.05, 3.63) is 66.5 Å². The van der Waals surface area contributed by atoms with Gasteiger partial charge in [0.1, 0.15) is 12.4 Å². The molecule has 4 rings (SSSR count). The predicted molar refractivity (Wildman–Crippen MR) is 117 cm³/mol. The van der Waals surface area contributed by atoms with Crippen molar-refractivity contribution in [2.24, 2.45) is 0 Å². The molecule has 1 aromatic heterocycles. The lowest BCUT2D eigenvalue weighted by atomic mass is 9.96. The molecule has 1 fully saturated rings. The second kappa shape index (κ2) is 9.03. The van der Waals surface area contributed by atoms with E-state index < -0.39 is 0 Å². The zero-order valence-electron chi connectivity index (χ0n) is 17.3. The smallest absolute Gasteiger partial charge is 0.260 e. The van der Waals surface area contributed by atoms with Crippen LogP contribution in [0.3, 0.4) is 0 Å². The molecule has 0 bridgehead atoms. The van der Waals surface area contributed by atoms with Crippen LogP contribution in [0.25, 0.3) is 11.0 Å². The summed E-state index contributed by atoms with van der Waals surface area (Å²) in [4.78, 5) is 22.7. The lowest BCUT2D eigenvalue weighted by Crippen LogP contribution is -2.40. The van der Waals surface area contributed by atoms with E-state index in [9.17, 15) is 4.79 Å². The molecule has 0 aliphatic carbocycles. The third kappa shape index (κ3) is 4.48. The second-order valence-electron chi connectivity index (χ2n) is 7.63. The normalized spacial score (nSPS) is 14.6. The van der Waals surface area contributed by atoms with Gasteiger partial charge in [0.05, 0.1) is 11.0 Å². The predicted octanol–water partition coefficient (Wildman–Crippen LogP) is 4.22. The molecule has 2 heterocycles. The van der Waals surface area contributed by atoms with Gasteiger partial charge in [-0.1, -0.05) is 30.9 Å². The number of fused-ring (bicyclic) bond motifs is 1. The Balaban J connectivity index is 1.31. The highest BCUT2D eigenvalue weighted by atomic mass is 16.5. The van der Waals surface area contributed by atoms with Crippen LogP contribution in [0.2, 0.25) is 0 Å². The number of aromatic nitrogens is 2. The molecule has 0 saturated carbocycles. The molecule has 156 valence electrons. The largest absolute Gasteiger partial charge is 0.486 e. The fraction of sp³-hybridized carbons (Fsp3) is 0.333. The van der Waals surface area contributed by atoms with Gasteiger partial charge in [0.2, 0.25) is 0 Å². The van der Waals surface area contributed by atoms with E-state index in [2.05, 4.69) is 36.7 Å². The molecule has 1 aliphatic heterocycles. The Kier molecular flexibility index (Phi) is 6.02. The number of aryl methyl sites for hydroxylation is 1. The van der Waals surface area contributed by atoms with Crippen LogP contribution >= 0.6 is 0 Å². The molecule has 3 aromatic rings. The van der Waals surface area contributed by atoms with Crippen LogP contribution in [-0.4, -0.2) is 47.1 Å². The van der Waals surface area contributed by atoms with Gasteiger partial charge in [-0.25, -0.2) is 4.98 Å². The average molecular weight is 405 g/mol. The van der Waals surface area contributed by atoms with Crippen molar-refractivity contribution in [1.82, 2.24) is 14.9 Å². The number of ether oxygens (including phenoxy) is 2. The molecule has 1 amide bonds. The minimum atomic E-state index is -0.00722. The van der Waals surface area contributed by atoms with Crippen LogP contribution in [0, 0.1) is 6.92 Å². The number of rotatable bonds is 7. The zero-order chi connectivity index (χ0) is 20.9. The number of para-hydroxylation sites is 2. The van der Waals surface area contributed by atoms with Crippen molar-refractivity contribution in [3.63, 3.8) is 0 Å². The number of hydrogen-bond acceptors (Lipinski definition) is 4. The fourth-order valence-electron chi connectivity index (χ4n) is 3.81.